The second-order valence-electron chi connectivity index (χ2n) is 15.0. The molecule has 0 saturated carbocycles. The van der Waals surface area contributed by atoms with Crippen LogP contribution in [0.5, 0.6) is 0 Å². The quantitative estimate of drug-likeness (QED) is 0.233. The van der Waals surface area contributed by atoms with Crippen LogP contribution in [0.25, 0.3) is 0 Å². The maximum absolute atomic E-state index is 2.59. The van der Waals surface area contributed by atoms with Gasteiger partial charge >= 0.3 is 0 Å². The van der Waals surface area contributed by atoms with E-state index in [1.165, 1.54) is 38.5 Å². The SMILES string of the molecule is CC(C)Cc1cc(CC(C)C)c(C(C)c2c(CC(C)C)cc(CC(C)C)cc2CC(C)C)c(CC(C)C)c1. The van der Waals surface area contributed by atoms with E-state index in [4.69, 9.17) is 0 Å². The summed E-state index contributed by atoms with van der Waals surface area (Å²) >= 11 is 0. The first-order chi connectivity index (χ1) is 17.7. The van der Waals surface area contributed by atoms with E-state index in [2.05, 4.69) is 114 Å². The lowest BCUT2D eigenvalue weighted by Gasteiger charge is -2.29. The molecule has 0 atom stereocenters. The second-order valence-corrected chi connectivity index (χ2v) is 15.0. The van der Waals surface area contributed by atoms with Crippen molar-refractivity contribution in [1.29, 1.82) is 0 Å². The fourth-order valence-electron chi connectivity index (χ4n) is 6.57. The van der Waals surface area contributed by atoms with Gasteiger partial charge in [-0.05, 0) is 119 Å². The van der Waals surface area contributed by atoms with Crippen LogP contribution in [-0.2, 0) is 38.5 Å². The predicted molar refractivity (Wildman–Crippen MR) is 172 cm³/mol. The lowest BCUT2D eigenvalue weighted by molar-refractivity contribution is 0.602. The van der Waals surface area contributed by atoms with Crippen molar-refractivity contribution < 1.29 is 0 Å². The number of benzene rings is 2. The van der Waals surface area contributed by atoms with Crippen LogP contribution < -0.4 is 0 Å². The highest BCUT2D eigenvalue weighted by molar-refractivity contribution is 5.51. The van der Waals surface area contributed by atoms with Crippen molar-refractivity contribution in [2.75, 3.05) is 0 Å². The Morgan fingerprint density at radius 1 is 0.342 bits per heavy atom. The van der Waals surface area contributed by atoms with Crippen molar-refractivity contribution >= 4 is 0 Å². The van der Waals surface area contributed by atoms with E-state index in [0.717, 1.165) is 0 Å². The third-order valence-corrected chi connectivity index (χ3v) is 7.49. The van der Waals surface area contributed by atoms with Crippen LogP contribution in [0.2, 0.25) is 0 Å². The third-order valence-electron chi connectivity index (χ3n) is 7.49. The van der Waals surface area contributed by atoms with Gasteiger partial charge in [-0.15, -0.1) is 0 Å². The molecule has 0 heteroatoms. The molecule has 0 spiro atoms. The van der Waals surface area contributed by atoms with Crippen LogP contribution >= 0.6 is 0 Å². The lowest BCUT2D eigenvalue weighted by Crippen LogP contribution is -2.16. The van der Waals surface area contributed by atoms with Crippen molar-refractivity contribution in [3.63, 3.8) is 0 Å². The topological polar surface area (TPSA) is 0 Å². The van der Waals surface area contributed by atoms with Crippen LogP contribution in [0, 0.1) is 35.5 Å². The molecule has 0 aliphatic rings. The zero-order valence-corrected chi connectivity index (χ0v) is 27.6. The molecule has 0 radical (unpaired) electrons. The van der Waals surface area contributed by atoms with E-state index in [1.807, 2.05) is 0 Å². The Hall–Kier alpha value is -1.56. The first-order valence-corrected chi connectivity index (χ1v) is 16.0. The van der Waals surface area contributed by atoms with Gasteiger partial charge in [0, 0.05) is 5.92 Å². The van der Waals surface area contributed by atoms with Gasteiger partial charge < -0.3 is 0 Å². The summed E-state index contributed by atoms with van der Waals surface area (Å²) in [6, 6.07) is 10.4. The minimum atomic E-state index is 0.418. The molecule has 2 aromatic carbocycles. The molecule has 0 aliphatic carbocycles. The molecule has 0 heterocycles. The zero-order chi connectivity index (χ0) is 28.7. The zero-order valence-electron chi connectivity index (χ0n) is 27.6. The second kappa shape index (κ2) is 14.7. The van der Waals surface area contributed by atoms with E-state index >= 15 is 0 Å². The molecule has 0 unspecified atom stereocenters. The molecular weight excluding hydrogens is 456 g/mol. The molecule has 0 N–H and O–H groups in total. The maximum atomic E-state index is 2.59. The first kappa shape index (κ1) is 32.7. The Balaban J connectivity index is 2.88. The minimum Gasteiger partial charge on any atom is -0.0625 e. The molecule has 214 valence electrons. The highest BCUT2D eigenvalue weighted by atomic mass is 14.3. The van der Waals surface area contributed by atoms with Gasteiger partial charge in [0.15, 0.2) is 0 Å². The van der Waals surface area contributed by atoms with Crippen LogP contribution in [0.15, 0.2) is 24.3 Å². The highest BCUT2D eigenvalue weighted by Gasteiger charge is 2.25. The predicted octanol–water partition coefficient (Wildman–Crippen LogP) is 11.0. The average Bonchev–Trinajstić information content (AvgIpc) is 2.70. The molecule has 0 saturated heterocycles. The van der Waals surface area contributed by atoms with E-state index in [9.17, 15) is 0 Å². The Bertz CT molecular complexity index is 855. The van der Waals surface area contributed by atoms with Gasteiger partial charge in [-0.3, -0.25) is 0 Å². The van der Waals surface area contributed by atoms with Crippen LogP contribution in [0.4, 0.5) is 0 Å². The van der Waals surface area contributed by atoms with E-state index in [-0.39, 0.29) is 0 Å². The summed E-state index contributed by atoms with van der Waals surface area (Å²) in [5.74, 6) is 4.39. The fraction of sp³-hybridized carbons (Fsp3) is 0.684. The summed E-state index contributed by atoms with van der Waals surface area (Å²) in [4.78, 5) is 0. The number of rotatable bonds is 14. The van der Waals surface area contributed by atoms with Crippen molar-refractivity contribution in [1.82, 2.24) is 0 Å². The normalized spacial score (nSPS) is 12.5. The molecule has 0 bridgehead atoms. The van der Waals surface area contributed by atoms with Crippen molar-refractivity contribution in [3.8, 4) is 0 Å². The minimum absolute atomic E-state index is 0.418. The smallest absolute Gasteiger partial charge is 0.00719 e. The van der Waals surface area contributed by atoms with Crippen LogP contribution in [0.3, 0.4) is 0 Å². The van der Waals surface area contributed by atoms with E-state index in [0.29, 0.717) is 41.4 Å². The Labute approximate surface area is 238 Å². The molecule has 0 amide bonds. The third kappa shape index (κ3) is 9.88. The Morgan fingerprint density at radius 2 is 0.553 bits per heavy atom. The average molecular weight is 519 g/mol. The summed E-state index contributed by atoms with van der Waals surface area (Å²) in [5.41, 5.74) is 12.8. The Kier molecular flexibility index (Phi) is 12.6. The van der Waals surface area contributed by atoms with E-state index in [1.54, 1.807) is 44.5 Å². The molecule has 0 aromatic heterocycles. The monoisotopic (exact) mass is 518 g/mol. The first-order valence-electron chi connectivity index (χ1n) is 16.0. The van der Waals surface area contributed by atoms with Gasteiger partial charge in [0.2, 0.25) is 0 Å². The molecular formula is C38H62. The van der Waals surface area contributed by atoms with Gasteiger partial charge in [-0.2, -0.15) is 0 Å². The van der Waals surface area contributed by atoms with Gasteiger partial charge in [0.25, 0.3) is 0 Å². The van der Waals surface area contributed by atoms with Crippen molar-refractivity contribution in [3.05, 3.63) is 68.8 Å². The van der Waals surface area contributed by atoms with Crippen molar-refractivity contribution in [2.45, 2.75) is 134 Å². The highest BCUT2D eigenvalue weighted by Crippen LogP contribution is 2.39. The van der Waals surface area contributed by atoms with Crippen molar-refractivity contribution in [2.24, 2.45) is 35.5 Å². The Morgan fingerprint density at radius 3 is 0.737 bits per heavy atom. The van der Waals surface area contributed by atoms with Gasteiger partial charge in [0.1, 0.15) is 0 Å². The number of hydrogen-bond donors (Lipinski definition) is 0. The van der Waals surface area contributed by atoms with Gasteiger partial charge in [0.05, 0.1) is 0 Å². The van der Waals surface area contributed by atoms with E-state index < -0.39 is 0 Å². The number of hydrogen-bond acceptors (Lipinski definition) is 0. The van der Waals surface area contributed by atoms with Crippen LogP contribution in [-0.4, -0.2) is 0 Å². The molecule has 2 aromatic rings. The summed E-state index contributed by atoms with van der Waals surface area (Å²) in [5, 5.41) is 0. The summed E-state index contributed by atoms with van der Waals surface area (Å²) in [6.07, 6.45) is 7.02. The summed E-state index contributed by atoms with van der Waals surface area (Å²) in [6.45, 7) is 31.1. The largest absolute Gasteiger partial charge is 0.0625 e. The van der Waals surface area contributed by atoms with Crippen LogP contribution in [0.1, 0.15) is 140 Å². The molecule has 0 fully saturated rings. The standard InChI is InChI=1S/C38H62/c1-24(2)14-31-20-33(16-26(5)6)37(34(21-31)17-27(7)8)30(13)38-35(18-28(9)10)22-32(15-25(3)4)23-36(38)19-29(11)12/h20-30H,14-19H2,1-13H3. The van der Waals surface area contributed by atoms with Gasteiger partial charge in [-0.1, -0.05) is 114 Å². The summed E-state index contributed by atoms with van der Waals surface area (Å²) < 4.78 is 0. The molecule has 0 nitrogen and oxygen atoms in total. The molecule has 2 rings (SSSR count). The lowest BCUT2D eigenvalue weighted by atomic mass is 9.75. The molecule has 38 heavy (non-hydrogen) atoms. The fourth-order valence-corrected chi connectivity index (χ4v) is 6.57. The maximum Gasteiger partial charge on any atom is 0.00719 e. The van der Waals surface area contributed by atoms with Gasteiger partial charge in [-0.25, -0.2) is 0 Å². The summed E-state index contributed by atoms with van der Waals surface area (Å²) in [7, 11) is 0. The molecule has 0 aliphatic heterocycles.